The largest absolute Gasteiger partial charge is 0.384 e. The molecule has 0 unspecified atom stereocenters. The molecule has 3 N–H and O–H groups in total. The Labute approximate surface area is 191 Å². The van der Waals surface area contributed by atoms with Gasteiger partial charge in [-0.15, -0.1) is 11.8 Å². The van der Waals surface area contributed by atoms with Gasteiger partial charge in [-0.05, 0) is 24.1 Å². The Morgan fingerprint density at radius 2 is 1.69 bits per heavy atom. The Kier molecular flexibility index (Phi) is 6.95. The summed E-state index contributed by atoms with van der Waals surface area (Å²) in [6.07, 6.45) is 1.01. The second kappa shape index (κ2) is 9.87. The maximum absolute atomic E-state index is 12.5. The molecule has 1 saturated heterocycles. The van der Waals surface area contributed by atoms with E-state index in [2.05, 4.69) is 4.98 Å². The van der Waals surface area contributed by atoms with Crippen molar-refractivity contribution < 1.29 is 14.6 Å². The van der Waals surface area contributed by atoms with Crippen LogP contribution in [-0.2, 0) is 22.7 Å². The minimum absolute atomic E-state index is 0.147. The van der Waals surface area contributed by atoms with Gasteiger partial charge in [-0.2, -0.15) is 4.98 Å². The van der Waals surface area contributed by atoms with E-state index in [0.717, 1.165) is 11.1 Å². The van der Waals surface area contributed by atoms with E-state index in [-0.39, 0.29) is 11.1 Å². The van der Waals surface area contributed by atoms with E-state index in [4.69, 9.17) is 15.2 Å². The number of nitrogen functional groups attached to an aromatic ring is 1. The Bertz CT molecular complexity index is 1080. The number of rotatable bonds is 8. The molecule has 4 rings (SSSR count). The molecular weight excluding hydrogens is 426 g/mol. The molecule has 1 aliphatic rings. The third-order valence-corrected chi connectivity index (χ3v) is 7.18. The van der Waals surface area contributed by atoms with Crippen molar-refractivity contribution in [3.8, 4) is 0 Å². The number of hydrogen-bond donors (Lipinski definition) is 2. The number of nitrogens with two attached hydrogens (primary N) is 1. The molecule has 168 valence electrons. The first-order valence-corrected chi connectivity index (χ1v) is 11.4. The van der Waals surface area contributed by atoms with Gasteiger partial charge in [0.15, 0.2) is 0 Å². The van der Waals surface area contributed by atoms with Crippen LogP contribution in [0.4, 0.5) is 5.82 Å². The molecule has 32 heavy (non-hydrogen) atoms. The van der Waals surface area contributed by atoms with Crippen LogP contribution in [0.25, 0.3) is 0 Å². The standard InChI is InChI=1S/C24H27N3O4S/c1-24(29)21(31-15-18-10-6-3-7-11-18)19(16-30-14-17-8-4-2-5-9-17)32-22(24)27-13-12-20(25)26-23(27)28/h2-13,19,21-22,29H,14-16H2,1H3,(H2,25,26,28)/t19-,21-,22-,24-/m1/s1. The van der Waals surface area contributed by atoms with E-state index < -0.39 is 22.8 Å². The summed E-state index contributed by atoms with van der Waals surface area (Å²) in [4.78, 5) is 16.3. The molecule has 0 radical (unpaired) electrons. The van der Waals surface area contributed by atoms with E-state index in [1.807, 2.05) is 60.7 Å². The first-order chi connectivity index (χ1) is 15.4. The molecule has 0 amide bonds. The van der Waals surface area contributed by atoms with Gasteiger partial charge in [-0.1, -0.05) is 60.7 Å². The van der Waals surface area contributed by atoms with Crippen LogP contribution in [0.2, 0.25) is 0 Å². The van der Waals surface area contributed by atoms with Crippen molar-refractivity contribution in [3.05, 3.63) is 94.5 Å². The summed E-state index contributed by atoms with van der Waals surface area (Å²) in [6.45, 7) is 2.86. The molecule has 2 heterocycles. The summed E-state index contributed by atoms with van der Waals surface area (Å²) in [7, 11) is 0. The van der Waals surface area contributed by atoms with Gasteiger partial charge in [-0.3, -0.25) is 4.57 Å². The smallest absolute Gasteiger partial charge is 0.350 e. The Balaban J connectivity index is 1.53. The number of hydrogen-bond acceptors (Lipinski definition) is 7. The molecule has 8 heteroatoms. The van der Waals surface area contributed by atoms with Crippen molar-refractivity contribution >= 4 is 17.6 Å². The number of benzene rings is 2. The van der Waals surface area contributed by atoms with Crippen LogP contribution < -0.4 is 11.4 Å². The van der Waals surface area contributed by atoms with Crippen molar-refractivity contribution in [2.24, 2.45) is 0 Å². The Hall–Kier alpha value is -2.65. The monoisotopic (exact) mass is 453 g/mol. The van der Waals surface area contributed by atoms with Crippen molar-refractivity contribution in [3.63, 3.8) is 0 Å². The van der Waals surface area contributed by atoms with Crippen LogP contribution in [0.5, 0.6) is 0 Å². The second-order valence-electron chi connectivity index (χ2n) is 8.01. The summed E-state index contributed by atoms with van der Waals surface area (Å²) in [6, 6.07) is 21.3. The molecule has 7 nitrogen and oxygen atoms in total. The first kappa shape index (κ1) is 22.5. The predicted molar refractivity (Wildman–Crippen MR) is 125 cm³/mol. The van der Waals surface area contributed by atoms with Crippen molar-refractivity contribution in [1.29, 1.82) is 0 Å². The van der Waals surface area contributed by atoms with Crippen molar-refractivity contribution in [2.75, 3.05) is 12.3 Å². The normalized spacial score (nSPS) is 25.1. The molecule has 0 aliphatic carbocycles. The maximum Gasteiger partial charge on any atom is 0.350 e. The van der Waals surface area contributed by atoms with Crippen LogP contribution in [0.1, 0.15) is 23.4 Å². The molecule has 1 fully saturated rings. The fraction of sp³-hybridized carbons (Fsp3) is 0.333. The van der Waals surface area contributed by atoms with E-state index in [0.29, 0.717) is 19.8 Å². The topological polar surface area (TPSA) is 99.6 Å². The average Bonchev–Trinajstić information content (AvgIpc) is 3.03. The van der Waals surface area contributed by atoms with E-state index in [1.165, 1.54) is 16.3 Å². The molecule has 0 saturated carbocycles. The van der Waals surface area contributed by atoms with Gasteiger partial charge in [-0.25, -0.2) is 4.79 Å². The van der Waals surface area contributed by atoms with Gasteiger partial charge in [0, 0.05) is 6.20 Å². The van der Waals surface area contributed by atoms with Crippen LogP contribution in [-0.4, -0.2) is 38.2 Å². The fourth-order valence-corrected chi connectivity index (χ4v) is 5.58. The maximum atomic E-state index is 12.5. The number of ether oxygens (including phenoxy) is 2. The highest BCUT2D eigenvalue weighted by Crippen LogP contribution is 2.49. The van der Waals surface area contributed by atoms with Crippen LogP contribution in [0, 0.1) is 0 Å². The molecule has 4 atom stereocenters. The number of thioether (sulfide) groups is 1. The van der Waals surface area contributed by atoms with Crippen molar-refractivity contribution in [2.45, 2.75) is 42.5 Å². The van der Waals surface area contributed by atoms with Gasteiger partial charge in [0.05, 0.1) is 25.1 Å². The summed E-state index contributed by atoms with van der Waals surface area (Å²) < 4.78 is 13.6. The zero-order chi connectivity index (χ0) is 22.6. The number of anilines is 1. The highest BCUT2D eigenvalue weighted by Gasteiger charge is 2.54. The lowest BCUT2D eigenvalue weighted by Gasteiger charge is -2.32. The third kappa shape index (κ3) is 5.05. The second-order valence-corrected chi connectivity index (χ2v) is 9.34. The van der Waals surface area contributed by atoms with E-state index in [9.17, 15) is 9.90 Å². The van der Waals surface area contributed by atoms with Crippen LogP contribution in [0.3, 0.4) is 0 Å². The summed E-state index contributed by atoms with van der Waals surface area (Å²) in [5, 5.41) is 10.7. The van der Waals surface area contributed by atoms with Crippen LogP contribution in [0.15, 0.2) is 77.7 Å². The van der Waals surface area contributed by atoms with Crippen molar-refractivity contribution in [1.82, 2.24) is 9.55 Å². The molecule has 3 aromatic rings. The Morgan fingerprint density at radius 3 is 2.31 bits per heavy atom. The molecule has 0 spiro atoms. The molecule has 1 aliphatic heterocycles. The lowest BCUT2D eigenvalue weighted by atomic mass is 9.96. The zero-order valence-electron chi connectivity index (χ0n) is 17.8. The van der Waals surface area contributed by atoms with Gasteiger partial charge in [0.25, 0.3) is 0 Å². The highest BCUT2D eigenvalue weighted by atomic mass is 32.2. The number of aliphatic hydroxyl groups is 1. The van der Waals surface area contributed by atoms with Gasteiger partial charge >= 0.3 is 5.69 Å². The minimum atomic E-state index is -1.33. The predicted octanol–water partition coefficient (Wildman–Crippen LogP) is 2.99. The first-order valence-electron chi connectivity index (χ1n) is 10.4. The third-order valence-electron chi connectivity index (χ3n) is 5.49. The van der Waals surface area contributed by atoms with Gasteiger partial charge < -0.3 is 20.3 Å². The Morgan fingerprint density at radius 1 is 1.06 bits per heavy atom. The fourth-order valence-electron chi connectivity index (χ4n) is 3.87. The molecule has 2 aromatic carbocycles. The molecule has 1 aromatic heterocycles. The molecular formula is C24H27N3O4S. The lowest BCUT2D eigenvalue weighted by molar-refractivity contribution is -0.112. The van der Waals surface area contributed by atoms with E-state index >= 15 is 0 Å². The number of nitrogens with zero attached hydrogens (tertiary/aromatic N) is 2. The van der Waals surface area contributed by atoms with Crippen LogP contribution >= 0.6 is 11.8 Å². The summed E-state index contributed by atoms with van der Waals surface area (Å²) in [5.74, 6) is 0.147. The van der Waals surface area contributed by atoms with E-state index in [1.54, 1.807) is 19.2 Å². The van der Waals surface area contributed by atoms with Gasteiger partial charge in [0.1, 0.15) is 22.9 Å². The van der Waals surface area contributed by atoms with Gasteiger partial charge in [0.2, 0.25) is 0 Å². The quantitative estimate of drug-likeness (QED) is 0.541. The summed E-state index contributed by atoms with van der Waals surface area (Å²) >= 11 is 1.45. The minimum Gasteiger partial charge on any atom is -0.384 e. The SMILES string of the molecule is C[C@@]1(O)[C@H](OCc2ccccc2)[C@@H](COCc2ccccc2)S[C@H]1n1ccc(N)nc1=O. The lowest BCUT2D eigenvalue weighted by Crippen LogP contribution is -2.47. The molecule has 0 bridgehead atoms. The summed E-state index contributed by atoms with van der Waals surface area (Å²) in [5.41, 5.74) is 5.88. The zero-order valence-corrected chi connectivity index (χ0v) is 18.7. The highest BCUT2D eigenvalue weighted by molar-refractivity contribution is 8.00. The average molecular weight is 454 g/mol. The number of aromatic nitrogens is 2.